The van der Waals surface area contributed by atoms with Crippen LogP contribution in [-0.2, 0) is 0 Å². The summed E-state index contributed by atoms with van der Waals surface area (Å²) < 4.78 is 0. The Labute approximate surface area is 62.5 Å². The molecule has 0 aliphatic carbocycles. The number of hydrogen-bond acceptors (Lipinski definition) is 2. The maximum atomic E-state index is 5.92. The van der Waals surface area contributed by atoms with Gasteiger partial charge in [-0.1, -0.05) is 6.58 Å². The third kappa shape index (κ3) is 1.32. The molecule has 0 aromatic heterocycles. The second-order valence-electron chi connectivity index (χ2n) is 3.48. The smallest absolute Gasteiger partial charge is 0.0524 e. The largest absolute Gasteiger partial charge is 0.385 e. The quantitative estimate of drug-likeness (QED) is 0.526. The number of nitrogens with two attached hydrogens (primary N) is 1. The summed E-state index contributed by atoms with van der Waals surface area (Å²) in [6.45, 7) is 8.06. The van der Waals surface area contributed by atoms with E-state index in [1.165, 1.54) is 0 Å². The summed E-state index contributed by atoms with van der Waals surface area (Å²) in [7, 11) is 0. The third-order valence-corrected chi connectivity index (χ3v) is 2.21. The van der Waals surface area contributed by atoms with Gasteiger partial charge in [0.05, 0.1) is 5.54 Å². The number of nitrogens with one attached hydrogen (secondary N) is 1. The fraction of sp³-hybridized carbons (Fsp3) is 0.750. The van der Waals surface area contributed by atoms with Crippen LogP contribution in [0.4, 0.5) is 0 Å². The standard InChI is InChI=1S/C8H16N2/c1-6-4-5-8(3,9)7(2)10-6/h6,10H,2,4-5,9H2,1,3H3. The lowest BCUT2D eigenvalue weighted by atomic mass is 9.87. The van der Waals surface area contributed by atoms with E-state index < -0.39 is 0 Å². The molecule has 10 heavy (non-hydrogen) atoms. The molecule has 0 bridgehead atoms. The van der Waals surface area contributed by atoms with E-state index in [9.17, 15) is 0 Å². The molecule has 1 rings (SSSR count). The van der Waals surface area contributed by atoms with Gasteiger partial charge in [0.2, 0.25) is 0 Å². The van der Waals surface area contributed by atoms with Crippen LogP contribution < -0.4 is 11.1 Å². The number of hydrogen-bond donors (Lipinski definition) is 2. The summed E-state index contributed by atoms with van der Waals surface area (Å²) in [5.41, 5.74) is 6.71. The summed E-state index contributed by atoms with van der Waals surface area (Å²) >= 11 is 0. The number of piperidine rings is 1. The van der Waals surface area contributed by atoms with E-state index in [0.717, 1.165) is 18.5 Å². The highest BCUT2D eigenvalue weighted by atomic mass is 15.0. The van der Waals surface area contributed by atoms with Gasteiger partial charge in [0.15, 0.2) is 0 Å². The average molecular weight is 140 g/mol. The van der Waals surface area contributed by atoms with Crippen LogP contribution >= 0.6 is 0 Å². The molecule has 2 heteroatoms. The van der Waals surface area contributed by atoms with Crippen molar-refractivity contribution in [1.29, 1.82) is 0 Å². The van der Waals surface area contributed by atoms with Gasteiger partial charge in [-0.15, -0.1) is 0 Å². The highest BCUT2D eigenvalue weighted by molar-refractivity contribution is 5.15. The Morgan fingerprint density at radius 3 is 2.80 bits per heavy atom. The summed E-state index contributed by atoms with van der Waals surface area (Å²) in [5.74, 6) is 0. The lowest BCUT2D eigenvalue weighted by Gasteiger charge is -2.36. The number of rotatable bonds is 0. The molecule has 1 saturated heterocycles. The molecular weight excluding hydrogens is 124 g/mol. The highest BCUT2D eigenvalue weighted by Gasteiger charge is 2.28. The topological polar surface area (TPSA) is 38.0 Å². The van der Waals surface area contributed by atoms with Crippen LogP contribution in [-0.4, -0.2) is 11.6 Å². The zero-order chi connectivity index (χ0) is 7.78. The minimum Gasteiger partial charge on any atom is -0.385 e. The fourth-order valence-electron chi connectivity index (χ4n) is 1.20. The monoisotopic (exact) mass is 140 g/mol. The molecule has 0 aromatic rings. The van der Waals surface area contributed by atoms with E-state index in [1.54, 1.807) is 0 Å². The Balaban J connectivity index is 2.61. The van der Waals surface area contributed by atoms with E-state index in [4.69, 9.17) is 5.73 Å². The molecule has 1 heterocycles. The molecule has 1 aliphatic heterocycles. The molecular formula is C8H16N2. The average Bonchev–Trinajstić information content (AvgIpc) is 1.81. The first-order valence-electron chi connectivity index (χ1n) is 3.77. The lowest BCUT2D eigenvalue weighted by Crippen LogP contribution is -2.50. The summed E-state index contributed by atoms with van der Waals surface area (Å²) in [6.07, 6.45) is 2.19. The highest BCUT2D eigenvalue weighted by Crippen LogP contribution is 2.22. The maximum Gasteiger partial charge on any atom is 0.0524 e. The molecule has 0 spiro atoms. The normalized spacial score (nSPS) is 41.1. The first kappa shape index (κ1) is 7.61. The van der Waals surface area contributed by atoms with E-state index in [-0.39, 0.29) is 5.54 Å². The molecule has 58 valence electrons. The van der Waals surface area contributed by atoms with Crippen molar-refractivity contribution in [2.24, 2.45) is 5.73 Å². The van der Waals surface area contributed by atoms with Crippen LogP contribution in [0.25, 0.3) is 0 Å². The van der Waals surface area contributed by atoms with Crippen molar-refractivity contribution < 1.29 is 0 Å². The second kappa shape index (κ2) is 2.27. The minimum atomic E-state index is -0.188. The Hall–Kier alpha value is -0.500. The summed E-state index contributed by atoms with van der Waals surface area (Å²) in [5, 5.41) is 3.25. The molecule has 2 atom stereocenters. The van der Waals surface area contributed by atoms with Crippen LogP contribution in [0.1, 0.15) is 26.7 Å². The Bertz CT molecular complexity index is 149. The molecule has 1 fully saturated rings. The van der Waals surface area contributed by atoms with Gasteiger partial charge in [-0.05, 0) is 26.7 Å². The predicted octanol–water partition coefficient (Wildman–Crippen LogP) is 0.989. The van der Waals surface area contributed by atoms with Crippen LogP contribution in [0.2, 0.25) is 0 Å². The van der Waals surface area contributed by atoms with Crippen molar-refractivity contribution in [3.8, 4) is 0 Å². The van der Waals surface area contributed by atoms with Crippen molar-refractivity contribution in [3.63, 3.8) is 0 Å². The van der Waals surface area contributed by atoms with Crippen molar-refractivity contribution in [1.82, 2.24) is 5.32 Å². The molecule has 0 radical (unpaired) electrons. The third-order valence-electron chi connectivity index (χ3n) is 2.21. The van der Waals surface area contributed by atoms with Crippen molar-refractivity contribution >= 4 is 0 Å². The summed E-state index contributed by atoms with van der Waals surface area (Å²) in [6, 6.07) is 0.545. The van der Waals surface area contributed by atoms with E-state index in [2.05, 4.69) is 18.8 Å². The molecule has 2 unspecified atom stereocenters. The maximum absolute atomic E-state index is 5.92. The SMILES string of the molecule is C=C1NC(C)CCC1(C)N. The van der Waals surface area contributed by atoms with Gasteiger partial charge in [-0.2, -0.15) is 0 Å². The van der Waals surface area contributed by atoms with Crippen LogP contribution in [0, 0.1) is 0 Å². The van der Waals surface area contributed by atoms with Crippen molar-refractivity contribution in [2.75, 3.05) is 0 Å². The zero-order valence-electron chi connectivity index (χ0n) is 6.78. The Morgan fingerprint density at radius 2 is 2.40 bits per heavy atom. The van der Waals surface area contributed by atoms with E-state index in [0.29, 0.717) is 6.04 Å². The van der Waals surface area contributed by atoms with Gasteiger partial charge in [0.1, 0.15) is 0 Å². The molecule has 2 nitrogen and oxygen atoms in total. The van der Waals surface area contributed by atoms with Crippen LogP contribution in [0.3, 0.4) is 0 Å². The molecule has 0 amide bonds. The zero-order valence-corrected chi connectivity index (χ0v) is 6.78. The lowest BCUT2D eigenvalue weighted by molar-refractivity contribution is 0.355. The summed E-state index contributed by atoms with van der Waals surface area (Å²) in [4.78, 5) is 0. The first-order valence-corrected chi connectivity index (χ1v) is 3.77. The minimum absolute atomic E-state index is 0.188. The fourth-order valence-corrected chi connectivity index (χ4v) is 1.20. The second-order valence-corrected chi connectivity index (χ2v) is 3.48. The molecule has 3 N–H and O–H groups in total. The predicted molar refractivity (Wildman–Crippen MR) is 43.6 cm³/mol. The van der Waals surface area contributed by atoms with Gasteiger partial charge < -0.3 is 11.1 Å². The van der Waals surface area contributed by atoms with Gasteiger partial charge in [0.25, 0.3) is 0 Å². The van der Waals surface area contributed by atoms with Gasteiger partial charge in [-0.25, -0.2) is 0 Å². The van der Waals surface area contributed by atoms with Crippen molar-refractivity contribution in [2.45, 2.75) is 38.3 Å². The van der Waals surface area contributed by atoms with Gasteiger partial charge in [0, 0.05) is 11.7 Å². The molecule has 0 aromatic carbocycles. The van der Waals surface area contributed by atoms with Gasteiger partial charge >= 0.3 is 0 Å². The Morgan fingerprint density at radius 1 is 1.80 bits per heavy atom. The van der Waals surface area contributed by atoms with E-state index >= 15 is 0 Å². The Kier molecular flexibility index (Phi) is 1.73. The molecule has 1 aliphatic rings. The van der Waals surface area contributed by atoms with Crippen LogP contribution in [0.15, 0.2) is 12.3 Å². The van der Waals surface area contributed by atoms with Gasteiger partial charge in [-0.3, -0.25) is 0 Å². The molecule has 0 saturated carbocycles. The van der Waals surface area contributed by atoms with Crippen molar-refractivity contribution in [3.05, 3.63) is 12.3 Å². The van der Waals surface area contributed by atoms with Crippen LogP contribution in [0.5, 0.6) is 0 Å². The van der Waals surface area contributed by atoms with E-state index in [1.807, 2.05) is 6.92 Å². The first-order chi connectivity index (χ1) is 4.52.